The number of rotatable bonds is 5. The number of nitrogens with one attached hydrogen (secondary N) is 2. The number of benzene rings is 1. The lowest BCUT2D eigenvalue weighted by Crippen LogP contribution is -2.41. The standard InChI is InChI=1S/C16H24N2O2/c1-16(2)10-4-5-14(16)17-11-15(19)18-12-6-8-13(20-3)9-7-12/h6-9,14,17H,4-5,10-11H2,1-3H3,(H,18,19). The Labute approximate surface area is 120 Å². The number of hydrogen-bond donors (Lipinski definition) is 2. The first-order valence-corrected chi connectivity index (χ1v) is 7.18. The van der Waals surface area contributed by atoms with Crippen molar-refractivity contribution in [1.29, 1.82) is 0 Å². The third-order valence-electron chi connectivity index (χ3n) is 4.14. The van der Waals surface area contributed by atoms with Gasteiger partial charge in [0.25, 0.3) is 0 Å². The van der Waals surface area contributed by atoms with Crippen LogP contribution in [0.3, 0.4) is 0 Å². The van der Waals surface area contributed by atoms with E-state index < -0.39 is 0 Å². The van der Waals surface area contributed by atoms with Crippen LogP contribution in [-0.2, 0) is 4.79 Å². The van der Waals surface area contributed by atoms with Gasteiger partial charge in [0.2, 0.25) is 5.91 Å². The molecular formula is C16H24N2O2. The number of anilines is 1. The van der Waals surface area contributed by atoms with Gasteiger partial charge in [-0.1, -0.05) is 20.3 Å². The van der Waals surface area contributed by atoms with E-state index in [-0.39, 0.29) is 5.91 Å². The number of amides is 1. The van der Waals surface area contributed by atoms with E-state index in [2.05, 4.69) is 24.5 Å². The molecule has 2 rings (SSSR count). The Kier molecular flexibility index (Phi) is 4.65. The second-order valence-corrected chi connectivity index (χ2v) is 6.09. The summed E-state index contributed by atoms with van der Waals surface area (Å²) in [6.07, 6.45) is 3.62. The van der Waals surface area contributed by atoms with Gasteiger partial charge in [-0.25, -0.2) is 0 Å². The van der Waals surface area contributed by atoms with E-state index in [9.17, 15) is 4.79 Å². The second kappa shape index (κ2) is 6.27. The van der Waals surface area contributed by atoms with Crippen LogP contribution >= 0.6 is 0 Å². The molecule has 1 aliphatic rings. The maximum Gasteiger partial charge on any atom is 0.238 e. The predicted molar refractivity (Wildman–Crippen MR) is 81.0 cm³/mol. The number of hydrogen-bond acceptors (Lipinski definition) is 3. The first kappa shape index (κ1) is 14.9. The zero-order valence-corrected chi connectivity index (χ0v) is 12.5. The summed E-state index contributed by atoms with van der Waals surface area (Å²) in [4.78, 5) is 11.9. The summed E-state index contributed by atoms with van der Waals surface area (Å²) in [5, 5.41) is 6.27. The largest absolute Gasteiger partial charge is 0.497 e. The molecule has 0 saturated heterocycles. The highest BCUT2D eigenvalue weighted by Gasteiger charge is 2.34. The van der Waals surface area contributed by atoms with Crippen LogP contribution in [0.5, 0.6) is 5.75 Å². The Morgan fingerprint density at radius 1 is 1.35 bits per heavy atom. The van der Waals surface area contributed by atoms with Crippen molar-refractivity contribution in [2.24, 2.45) is 5.41 Å². The zero-order chi connectivity index (χ0) is 14.6. The molecule has 0 aromatic heterocycles. The molecule has 1 saturated carbocycles. The van der Waals surface area contributed by atoms with Crippen LogP contribution in [0.1, 0.15) is 33.1 Å². The van der Waals surface area contributed by atoms with Gasteiger partial charge in [-0.2, -0.15) is 0 Å². The normalized spacial score (nSPS) is 20.6. The van der Waals surface area contributed by atoms with Gasteiger partial charge in [0.1, 0.15) is 5.75 Å². The van der Waals surface area contributed by atoms with Crippen molar-refractivity contribution in [2.45, 2.75) is 39.2 Å². The highest BCUT2D eigenvalue weighted by Crippen LogP contribution is 2.36. The SMILES string of the molecule is COc1ccc(NC(=O)CNC2CCCC2(C)C)cc1. The smallest absolute Gasteiger partial charge is 0.238 e. The van der Waals surface area contributed by atoms with Crippen molar-refractivity contribution in [2.75, 3.05) is 19.0 Å². The molecule has 0 radical (unpaired) electrons. The first-order valence-electron chi connectivity index (χ1n) is 7.18. The van der Waals surface area contributed by atoms with Gasteiger partial charge in [-0.15, -0.1) is 0 Å². The molecule has 0 spiro atoms. The number of methoxy groups -OCH3 is 1. The van der Waals surface area contributed by atoms with Crippen molar-refractivity contribution in [3.05, 3.63) is 24.3 Å². The van der Waals surface area contributed by atoms with Crippen LogP contribution in [0.2, 0.25) is 0 Å². The highest BCUT2D eigenvalue weighted by molar-refractivity contribution is 5.92. The van der Waals surface area contributed by atoms with Crippen LogP contribution in [-0.4, -0.2) is 25.6 Å². The maximum absolute atomic E-state index is 11.9. The number of carbonyl (C=O) groups excluding carboxylic acids is 1. The molecule has 1 fully saturated rings. The van der Waals surface area contributed by atoms with E-state index in [1.165, 1.54) is 12.8 Å². The fourth-order valence-corrected chi connectivity index (χ4v) is 2.80. The van der Waals surface area contributed by atoms with Gasteiger partial charge in [0, 0.05) is 11.7 Å². The highest BCUT2D eigenvalue weighted by atomic mass is 16.5. The van der Waals surface area contributed by atoms with E-state index in [0.29, 0.717) is 18.0 Å². The lowest BCUT2D eigenvalue weighted by molar-refractivity contribution is -0.115. The van der Waals surface area contributed by atoms with Gasteiger partial charge in [0.05, 0.1) is 13.7 Å². The molecule has 20 heavy (non-hydrogen) atoms. The third kappa shape index (κ3) is 3.73. The van der Waals surface area contributed by atoms with E-state index in [1.807, 2.05) is 24.3 Å². The summed E-state index contributed by atoms with van der Waals surface area (Å²) < 4.78 is 5.09. The Morgan fingerprint density at radius 3 is 2.60 bits per heavy atom. The molecule has 0 bridgehead atoms. The molecule has 1 aliphatic carbocycles. The van der Waals surface area contributed by atoms with E-state index in [0.717, 1.165) is 17.9 Å². The van der Waals surface area contributed by atoms with Crippen molar-refractivity contribution in [1.82, 2.24) is 5.32 Å². The summed E-state index contributed by atoms with van der Waals surface area (Å²) in [6, 6.07) is 7.79. The van der Waals surface area contributed by atoms with Crippen molar-refractivity contribution >= 4 is 11.6 Å². The lowest BCUT2D eigenvalue weighted by atomic mass is 9.87. The summed E-state index contributed by atoms with van der Waals surface area (Å²) >= 11 is 0. The van der Waals surface area contributed by atoms with Crippen LogP contribution < -0.4 is 15.4 Å². The molecule has 110 valence electrons. The average Bonchev–Trinajstić information content (AvgIpc) is 2.76. The Bertz CT molecular complexity index is 454. The minimum atomic E-state index is -0.00198. The Morgan fingerprint density at radius 2 is 2.05 bits per heavy atom. The van der Waals surface area contributed by atoms with Gasteiger partial charge in [0.15, 0.2) is 0 Å². The van der Waals surface area contributed by atoms with Crippen LogP contribution in [0, 0.1) is 5.41 Å². The van der Waals surface area contributed by atoms with E-state index in [1.54, 1.807) is 7.11 Å². The summed E-state index contributed by atoms with van der Waals surface area (Å²) in [6.45, 7) is 4.89. The summed E-state index contributed by atoms with van der Waals surface area (Å²) in [5.74, 6) is 0.784. The summed E-state index contributed by atoms with van der Waals surface area (Å²) in [5.41, 5.74) is 1.09. The monoisotopic (exact) mass is 276 g/mol. The molecule has 0 aliphatic heterocycles. The van der Waals surface area contributed by atoms with E-state index in [4.69, 9.17) is 4.74 Å². The molecule has 2 N–H and O–H groups in total. The molecular weight excluding hydrogens is 252 g/mol. The van der Waals surface area contributed by atoms with Crippen LogP contribution in [0.15, 0.2) is 24.3 Å². The van der Waals surface area contributed by atoms with Crippen molar-refractivity contribution in [3.8, 4) is 5.75 Å². The quantitative estimate of drug-likeness (QED) is 0.869. The first-order chi connectivity index (χ1) is 9.51. The molecule has 1 amide bonds. The molecule has 1 aromatic rings. The van der Waals surface area contributed by atoms with Crippen LogP contribution in [0.25, 0.3) is 0 Å². The predicted octanol–water partition coefficient (Wildman–Crippen LogP) is 2.80. The van der Waals surface area contributed by atoms with Gasteiger partial charge in [-0.3, -0.25) is 4.79 Å². The Balaban J connectivity index is 1.80. The van der Waals surface area contributed by atoms with Gasteiger partial charge >= 0.3 is 0 Å². The van der Waals surface area contributed by atoms with Gasteiger partial charge in [-0.05, 0) is 42.5 Å². The average molecular weight is 276 g/mol. The lowest BCUT2D eigenvalue weighted by Gasteiger charge is -2.27. The minimum Gasteiger partial charge on any atom is -0.497 e. The van der Waals surface area contributed by atoms with Crippen molar-refractivity contribution < 1.29 is 9.53 Å². The zero-order valence-electron chi connectivity index (χ0n) is 12.5. The molecule has 0 heterocycles. The minimum absolute atomic E-state index is 0.00198. The Hall–Kier alpha value is -1.55. The van der Waals surface area contributed by atoms with E-state index >= 15 is 0 Å². The maximum atomic E-state index is 11.9. The topological polar surface area (TPSA) is 50.4 Å². The van der Waals surface area contributed by atoms with Gasteiger partial charge < -0.3 is 15.4 Å². The van der Waals surface area contributed by atoms with Crippen LogP contribution in [0.4, 0.5) is 5.69 Å². The second-order valence-electron chi connectivity index (χ2n) is 6.09. The van der Waals surface area contributed by atoms with Crippen molar-refractivity contribution in [3.63, 3.8) is 0 Å². The fraction of sp³-hybridized carbons (Fsp3) is 0.562. The number of ether oxygens (including phenoxy) is 1. The fourth-order valence-electron chi connectivity index (χ4n) is 2.80. The number of carbonyl (C=O) groups is 1. The molecule has 4 heteroatoms. The summed E-state index contributed by atoms with van der Waals surface area (Å²) in [7, 11) is 1.63. The molecule has 4 nitrogen and oxygen atoms in total. The molecule has 1 aromatic carbocycles. The third-order valence-corrected chi connectivity index (χ3v) is 4.14. The molecule has 1 atom stereocenters. The molecule has 1 unspecified atom stereocenters.